The summed E-state index contributed by atoms with van der Waals surface area (Å²) in [4.78, 5) is 13.1. The van der Waals surface area contributed by atoms with E-state index in [0.29, 0.717) is 36.1 Å². The largest absolute Gasteiger partial charge is 0.480 e. The van der Waals surface area contributed by atoms with Gasteiger partial charge in [-0.2, -0.15) is 4.31 Å². The molecule has 1 saturated heterocycles. The number of ether oxygens (including phenoxy) is 1. The summed E-state index contributed by atoms with van der Waals surface area (Å²) in [7, 11) is -3.58. The minimum Gasteiger partial charge on any atom is -0.480 e. The Morgan fingerprint density at radius 3 is 2.57 bits per heavy atom. The molecule has 150 valence electrons. The van der Waals surface area contributed by atoms with Crippen LogP contribution >= 0.6 is 11.6 Å². The van der Waals surface area contributed by atoms with Gasteiger partial charge in [0.05, 0.1) is 10.6 Å². The first-order valence-electron chi connectivity index (χ1n) is 8.75. The van der Waals surface area contributed by atoms with Crippen LogP contribution in [0.5, 0.6) is 5.75 Å². The van der Waals surface area contributed by atoms with Crippen LogP contribution in [0.3, 0.4) is 0 Å². The van der Waals surface area contributed by atoms with Gasteiger partial charge in [0.2, 0.25) is 10.0 Å². The Labute approximate surface area is 169 Å². The molecule has 0 aliphatic carbocycles. The molecule has 2 aromatic carbocycles. The normalized spacial score (nSPS) is 18.1. The second kappa shape index (κ2) is 8.38. The quantitative estimate of drug-likeness (QED) is 0.767. The van der Waals surface area contributed by atoms with Gasteiger partial charge in [-0.05, 0) is 37.3 Å². The van der Waals surface area contributed by atoms with Crippen LogP contribution < -0.4 is 9.64 Å². The number of piperazine rings is 1. The lowest BCUT2D eigenvalue weighted by atomic mass is 10.2. The van der Waals surface area contributed by atoms with Crippen molar-refractivity contribution in [1.82, 2.24) is 4.31 Å². The van der Waals surface area contributed by atoms with E-state index in [0.717, 1.165) is 0 Å². The van der Waals surface area contributed by atoms with Crippen molar-refractivity contribution in [3.05, 3.63) is 53.6 Å². The Morgan fingerprint density at radius 2 is 1.93 bits per heavy atom. The van der Waals surface area contributed by atoms with Crippen LogP contribution in [0.4, 0.5) is 5.69 Å². The lowest BCUT2D eigenvalue weighted by Gasteiger charge is -2.40. The van der Waals surface area contributed by atoms with Crippen LogP contribution in [0, 0.1) is 0 Å². The Hall–Kier alpha value is -2.29. The first kappa shape index (κ1) is 20.4. The summed E-state index contributed by atoms with van der Waals surface area (Å²) in [5.41, 5.74) is 0.650. The first-order chi connectivity index (χ1) is 13.3. The molecule has 1 N–H and O–H groups in total. The highest BCUT2D eigenvalue weighted by Gasteiger charge is 2.34. The number of hydrogen-bond acceptors (Lipinski definition) is 5. The highest BCUT2D eigenvalue weighted by molar-refractivity contribution is 7.89. The second-order valence-electron chi connectivity index (χ2n) is 6.52. The monoisotopic (exact) mass is 424 g/mol. The van der Waals surface area contributed by atoms with Crippen molar-refractivity contribution in [1.29, 1.82) is 0 Å². The van der Waals surface area contributed by atoms with Gasteiger partial charge in [-0.25, -0.2) is 13.2 Å². The summed E-state index contributed by atoms with van der Waals surface area (Å²) >= 11 is 6.11. The molecule has 0 unspecified atom stereocenters. The Morgan fingerprint density at radius 1 is 1.21 bits per heavy atom. The fourth-order valence-corrected chi connectivity index (χ4v) is 5.04. The minimum absolute atomic E-state index is 0.267. The summed E-state index contributed by atoms with van der Waals surface area (Å²) in [6.07, 6.45) is 0. The van der Waals surface area contributed by atoms with E-state index in [4.69, 9.17) is 21.4 Å². The molecule has 9 heteroatoms. The van der Waals surface area contributed by atoms with Crippen molar-refractivity contribution in [3.8, 4) is 5.75 Å². The van der Waals surface area contributed by atoms with E-state index in [9.17, 15) is 13.2 Å². The molecule has 1 aliphatic rings. The predicted molar refractivity (Wildman–Crippen MR) is 107 cm³/mol. The topological polar surface area (TPSA) is 87.2 Å². The molecule has 1 heterocycles. The third-order valence-corrected chi connectivity index (χ3v) is 6.79. The smallest absolute Gasteiger partial charge is 0.341 e. The number of sulfonamides is 1. The molecule has 7 nitrogen and oxygen atoms in total. The van der Waals surface area contributed by atoms with Crippen molar-refractivity contribution >= 4 is 33.3 Å². The number of nitrogens with zero attached hydrogens (tertiary/aromatic N) is 2. The van der Waals surface area contributed by atoms with Gasteiger partial charge in [-0.15, -0.1) is 0 Å². The van der Waals surface area contributed by atoms with Gasteiger partial charge < -0.3 is 14.7 Å². The van der Waals surface area contributed by atoms with Gasteiger partial charge in [-0.3, -0.25) is 0 Å². The average Bonchev–Trinajstić information content (AvgIpc) is 2.67. The molecule has 1 atom stereocenters. The summed E-state index contributed by atoms with van der Waals surface area (Å²) in [5, 5.41) is 9.36. The van der Waals surface area contributed by atoms with Crippen molar-refractivity contribution in [2.75, 3.05) is 31.1 Å². The lowest BCUT2D eigenvalue weighted by molar-refractivity contribution is -0.139. The van der Waals surface area contributed by atoms with E-state index >= 15 is 0 Å². The second-order valence-corrected chi connectivity index (χ2v) is 8.85. The van der Waals surface area contributed by atoms with Crippen molar-refractivity contribution in [2.45, 2.75) is 17.9 Å². The van der Waals surface area contributed by atoms with Crippen LogP contribution in [0.15, 0.2) is 53.4 Å². The van der Waals surface area contributed by atoms with E-state index in [1.165, 1.54) is 4.31 Å². The number of carboxylic acids is 1. The van der Waals surface area contributed by atoms with Crippen LogP contribution in [-0.4, -0.2) is 56.1 Å². The molecule has 1 aliphatic heterocycles. The van der Waals surface area contributed by atoms with Crippen molar-refractivity contribution in [2.24, 2.45) is 0 Å². The first-order valence-corrected chi connectivity index (χ1v) is 10.6. The number of rotatable bonds is 6. The minimum atomic E-state index is -3.58. The van der Waals surface area contributed by atoms with Crippen LogP contribution in [0.25, 0.3) is 0 Å². The maximum atomic E-state index is 12.9. The fourth-order valence-electron chi connectivity index (χ4n) is 3.24. The molecule has 0 bridgehead atoms. The molecule has 0 radical (unpaired) electrons. The van der Waals surface area contributed by atoms with Gasteiger partial charge in [0.1, 0.15) is 5.75 Å². The maximum Gasteiger partial charge on any atom is 0.341 e. The summed E-state index contributed by atoms with van der Waals surface area (Å²) in [5.74, 6) is -0.675. The number of anilines is 1. The third-order valence-electron chi connectivity index (χ3n) is 4.53. The van der Waals surface area contributed by atoms with E-state index in [1.54, 1.807) is 48.5 Å². The van der Waals surface area contributed by atoms with Crippen LogP contribution in [0.2, 0.25) is 5.02 Å². The highest BCUT2D eigenvalue weighted by atomic mass is 35.5. The van der Waals surface area contributed by atoms with E-state index in [1.807, 2.05) is 11.8 Å². The summed E-state index contributed by atoms with van der Waals surface area (Å²) in [6, 6.07) is 13.0. The fraction of sp³-hybridized carbons (Fsp3) is 0.316. The molecule has 2 aromatic rings. The van der Waals surface area contributed by atoms with Gasteiger partial charge in [0.25, 0.3) is 0 Å². The summed E-state index contributed by atoms with van der Waals surface area (Å²) < 4.78 is 32.7. The maximum absolute atomic E-state index is 12.9. The van der Waals surface area contributed by atoms with Crippen LogP contribution in [0.1, 0.15) is 6.92 Å². The van der Waals surface area contributed by atoms with E-state index in [-0.39, 0.29) is 10.9 Å². The van der Waals surface area contributed by atoms with E-state index < -0.39 is 22.6 Å². The van der Waals surface area contributed by atoms with Gasteiger partial charge in [0.15, 0.2) is 6.61 Å². The number of carbonyl (C=O) groups is 1. The molecular weight excluding hydrogens is 404 g/mol. The molecule has 3 rings (SSSR count). The molecular formula is C19H21ClN2O5S. The van der Waals surface area contributed by atoms with Crippen LogP contribution in [-0.2, 0) is 14.8 Å². The number of halogens is 1. The molecule has 0 spiro atoms. The summed E-state index contributed by atoms with van der Waals surface area (Å²) in [6.45, 7) is 2.53. The zero-order valence-corrected chi connectivity index (χ0v) is 16.9. The molecule has 0 amide bonds. The highest BCUT2D eigenvalue weighted by Crippen LogP contribution is 2.34. The standard InChI is InChI=1S/C19H21ClN2O5S/c1-14-12-21(17-11-15(20)7-8-18(17)27-13-19(23)24)9-10-22(14)28(25,26)16-5-3-2-4-6-16/h2-8,11,14H,9-10,12-13H2,1H3,(H,23,24)/t14-/m0/s1. The molecule has 28 heavy (non-hydrogen) atoms. The number of benzene rings is 2. The van der Waals surface area contributed by atoms with Crippen molar-refractivity contribution in [3.63, 3.8) is 0 Å². The number of carboxylic acid groups (broad SMARTS) is 1. The van der Waals surface area contributed by atoms with Gasteiger partial charge in [-0.1, -0.05) is 29.8 Å². The predicted octanol–water partition coefficient (Wildman–Crippen LogP) is 2.70. The molecule has 0 saturated carbocycles. The Bertz CT molecular complexity index is 952. The molecule has 1 fully saturated rings. The lowest BCUT2D eigenvalue weighted by Crippen LogP contribution is -2.54. The SMILES string of the molecule is C[C@H]1CN(c2cc(Cl)ccc2OCC(=O)O)CCN1S(=O)(=O)c1ccccc1. The number of aliphatic carboxylic acids is 1. The number of hydrogen-bond donors (Lipinski definition) is 1. The van der Waals surface area contributed by atoms with Gasteiger partial charge >= 0.3 is 5.97 Å². The average molecular weight is 425 g/mol. The Balaban J connectivity index is 1.81. The zero-order valence-electron chi connectivity index (χ0n) is 15.3. The third kappa shape index (κ3) is 4.40. The Kier molecular flexibility index (Phi) is 6.12. The van der Waals surface area contributed by atoms with Gasteiger partial charge in [0, 0.05) is 30.7 Å². The van der Waals surface area contributed by atoms with Crippen molar-refractivity contribution < 1.29 is 23.1 Å². The zero-order chi connectivity index (χ0) is 20.3. The molecule has 0 aromatic heterocycles. The van der Waals surface area contributed by atoms with E-state index in [2.05, 4.69) is 0 Å².